The van der Waals surface area contributed by atoms with Gasteiger partial charge in [-0.05, 0) is 75.2 Å². The van der Waals surface area contributed by atoms with Crippen LogP contribution in [0.2, 0.25) is 0 Å². The van der Waals surface area contributed by atoms with E-state index in [9.17, 15) is 9.18 Å². The Bertz CT molecular complexity index is 1410. The van der Waals surface area contributed by atoms with Gasteiger partial charge in [0.2, 0.25) is 0 Å². The summed E-state index contributed by atoms with van der Waals surface area (Å²) in [6.07, 6.45) is 0. The Morgan fingerprint density at radius 1 is 0.816 bits per heavy atom. The summed E-state index contributed by atoms with van der Waals surface area (Å²) < 4.78 is 25.3. The molecule has 0 aliphatic heterocycles. The quantitative estimate of drug-likeness (QED) is 0.144. The predicted octanol–water partition coefficient (Wildman–Crippen LogP) is 7.29. The molecule has 0 unspecified atom stereocenters. The first-order valence-corrected chi connectivity index (χ1v) is 13.5. The van der Waals surface area contributed by atoms with Gasteiger partial charge >= 0.3 is 5.97 Å². The minimum Gasteiger partial charge on any atom is -0.481 e. The van der Waals surface area contributed by atoms with E-state index in [0.717, 1.165) is 11.1 Å². The first-order chi connectivity index (χ1) is 18.2. The highest BCUT2D eigenvalue weighted by atomic mass is 32.2. The van der Waals surface area contributed by atoms with Crippen molar-refractivity contribution in [2.24, 2.45) is 0 Å². The normalized spacial score (nSPS) is 11.0. The maximum atomic E-state index is 13.9. The minimum absolute atomic E-state index is 0.254. The summed E-state index contributed by atoms with van der Waals surface area (Å²) in [5, 5.41) is 0. The summed E-state index contributed by atoms with van der Waals surface area (Å²) in [5.41, 5.74) is 1.03. The molecule has 0 amide bonds. The third-order valence-electron chi connectivity index (χ3n) is 5.70. The Morgan fingerprint density at radius 2 is 1.34 bits per heavy atom. The molecule has 0 atom stereocenters. The van der Waals surface area contributed by atoms with Crippen LogP contribution in [0.3, 0.4) is 0 Å². The molecule has 0 saturated heterocycles. The van der Waals surface area contributed by atoms with Crippen LogP contribution in [0.15, 0.2) is 112 Å². The fourth-order valence-corrected chi connectivity index (χ4v) is 6.29. The maximum absolute atomic E-state index is 13.9. The molecule has 38 heavy (non-hydrogen) atoms. The molecule has 5 heteroatoms. The number of carbonyl (C=O) groups excluding carboxylic acids is 1. The number of aryl methyl sites for hydroxylation is 2. The van der Waals surface area contributed by atoms with E-state index in [1.54, 1.807) is 32.0 Å². The summed E-state index contributed by atoms with van der Waals surface area (Å²) in [6.45, 7) is 7.04. The Balaban J connectivity index is 1.49. The third-order valence-corrected chi connectivity index (χ3v) is 7.90. The summed E-state index contributed by atoms with van der Waals surface area (Å²) in [4.78, 5) is 16.2. The second-order valence-electron chi connectivity index (χ2n) is 9.32. The number of halogens is 1. The Morgan fingerprint density at radius 3 is 1.89 bits per heavy atom. The fraction of sp³-hybridized carbons (Fsp3) is 0.182. The predicted molar refractivity (Wildman–Crippen MR) is 150 cm³/mol. The zero-order chi connectivity index (χ0) is 27.1. The Labute approximate surface area is 227 Å². The number of hydrogen-bond donors (Lipinski definition) is 0. The van der Waals surface area contributed by atoms with E-state index in [0.29, 0.717) is 5.75 Å². The van der Waals surface area contributed by atoms with Crippen molar-refractivity contribution in [3.05, 3.63) is 120 Å². The summed E-state index contributed by atoms with van der Waals surface area (Å²) >= 11 is 0. The molecule has 0 aliphatic rings. The van der Waals surface area contributed by atoms with Crippen molar-refractivity contribution in [2.45, 2.75) is 48.0 Å². The highest BCUT2D eigenvalue weighted by Gasteiger charge is 2.30. The van der Waals surface area contributed by atoms with Gasteiger partial charge in [0, 0.05) is 12.1 Å². The van der Waals surface area contributed by atoms with Gasteiger partial charge in [0.1, 0.15) is 11.6 Å². The SMILES string of the molecule is Cc1cc([S+](c2ccccc2)c2ccccc2)cc(C)c1OCC(=O)OC(C)(C)C#Cc1ccccc1F. The zero-order valence-electron chi connectivity index (χ0n) is 22.0. The maximum Gasteiger partial charge on any atom is 0.345 e. The van der Waals surface area contributed by atoms with Gasteiger partial charge < -0.3 is 9.47 Å². The smallest absolute Gasteiger partial charge is 0.345 e. The molecule has 4 aromatic rings. The Kier molecular flexibility index (Phi) is 8.55. The van der Waals surface area contributed by atoms with Gasteiger partial charge in [-0.25, -0.2) is 9.18 Å². The van der Waals surface area contributed by atoms with Crippen molar-refractivity contribution in [3.8, 4) is 17.6 Å². The number of carbonyl (C=O) groups is 1. The van der Waals surface area contributed by atoms with Crippen molar-refractivity contribution in [1.82, 2.24) is 0 Å². The van der Waals surface area contributed by atoms with Gasteiger partial charge in [0.05, 0.1) is 16.5 Å². The largest absolute Gasteiger partial charge is 0.481 e. The Hall–Kier alpha value is -4.01. The monoisotopic (exact) mass is 525 g/mol. The van der Waals surface area contributed by atoms with Crippen LogP contribution in [-0.4, -0.2) is 18.2 Å². The molecule has 0 N–H and O–H groups in total. The summed E-state index contributed by atoms with van der Waals surface area (Å²) in [5.74, 6) is 5.28. The van der Waals surface area contributed by atoms with Gasteiger partial charge in [-0.3, -0.25) is 0 Å². The number of rotatable bonds is 7. The van der Waals surface area contributed by atoms with Crippen LogP contribution in [0.5, 0.6) is 5.75 Å². The minimum atomic E-state index is -1.10. The highest BCUT2D eigenvalue weighted by molar-refractivity contribution is 7.97. The van der Waals surface area contributed by atoms with E-state index in [2.05, 4.69) is 72.5 Å². The molecule has 0 fully saturated rings. The molecule has 0 aliphatic carbocycles. The van der Waals surface area contributed by atoms with Crippen LogP contribution in [0.1, 0.15) is 30.5 Å². The molecule has 4 aromatic carbocycles. The molecule has 192 valence electrons. The topological polar surface area (TPSA) is 35.5 Å². The molecule has 0 radical (unpaired) electrons. The molecule has 0 bridgehead atoms. The van der Waals surface area contributed by atoms with Gasteiger partial charge in [-0.2, -0.15) is 0 Å². The first-order valence-electron chi connectivity index (χ1n) is 12.3. The van der Waals surface area contributed by atoms with Crippen LogP contribution in [0.4, 0.5) is 4.39 Å². The van der Waals surface area contributed by atoms with Crippen LogP contribution in [-0.2, 0) is 20.4 Å². The number of ether oxygens (including phenoxy) is 2. The molecule has 0 aromatic heterocycles. The van der Waals surface area contributed by atoms with Crippen molar-refractivity contribution in [3.63, 3.8) is 0 Å². The van der Waals surface area contributed by atoms with E-state index in [1.165, 1.54) is 20.8 Å². The average Bonchev–Trinajstić information content (AvgIpc) is 2.89. The van der Waals surface area contributed by atoms with E-state index in [1.807, 2.05) is 26.0 Å². The van der Waals surface area contributed by atoms with Crippen LogP contribution < -0.4 is 4.74 Å². The van der Waals surface area contributed by atoms with Crippen LogP contribution in [0.25, 0.3) is 0 Å². The van der Waals surface area contributed by atoms with Crippen molar-refractivity contribution >= 4 is 16.9 Å². The zero-order valence-corrected chi connectivity index (χ0v) is 22.8. The van der Waals surface area contributed by atoms with Gasteiger partial charge in [-0.15, -0.1) is 0 Å². The molecule has 0 spiro atoms. The van der Waals surface area contributed by atoms with Crippen molar-refractivity contribution in [1.29, 1.82) is 0 Å². The lowest BCUT2D eigenvalue weighted by molar-refractivity contribution is -0.154. The molecule has 0 heterocycles. The van der Waals surface area contributed by atoms with E-state index in [4.69, 9.17) is 9.47 Å². The lowest BCUT2D eigenvalue weighted by Gasteiger charge is -2.20. The van der Waals surface area contributed by atoms with Gasteiger partial charge in [0.15, 0.2) is 26.9 Å². The summed E-state index contributed by atoms with van der Waals surface area (Å²) in [6, 6.07) is 31.4. The van der Waals surface area contributed by atoms with Crippen molar-refractivity contribution in [2.75, 3.05) is 6.61 Å². The lowest BCUT2D eigenvalue weighted by atomic mass is 10.1. The molecular formula is C33H30FO3S+. The molecule has 3 nitrogen and oxygen atoms in total. The highest BCUT2D eigenvalue weighted by Crippen LogP contribution is 2.35. The van der Waals surface area contributed by atoms with Gasteiger partial charge in [-0.1, -0.05) is 60.4 Å². The molecule has 4 rings (SSSR count). The average molecular weight is 526 g/mol. The molecule has 0 saturated carbocycles. The van der Waals surface area contributed by atoms with E-state index < -0.39 is 17.4 Å². The van der Waals surface area contributed by atoms with E-state index >= 15 is 0 Å². The first kappa shape index (κ1) is 27.0. The second kappa shape index (κ2) is 12.0. The van der Waals surface area contributed by atoms with Crippen LogP contribution in [0, 0.1) is 31.5 Å². The van der Waals surface area contributed by atoms with E-state index in [-0.39, 0.29) is 23.1 Å². The molecular weight excluding hydrogens is 495 g/mol. The lowest BCUT2D eigenvalue weighted by Crippen LogP contribution is -2.29. The second-order valence-corrected chi connectivity index (χ2v) is 11.3. The van der Waals surface area contributed by atoms with Crippen LogP contribution >= 0.6 is 0 Å². The summed E-state index contributed by atoms with van der Waals surface area (Å²) in [7, 11) is -0.279. The number of hydrogen-bond acceptors (Lipinski definition) is 3. The fourth-order valence-electron chi connectivity index (χ4n) is 4.03. The standard InChI is InChI=1S/C33H30FO3S/c1-24-21-29(38(27-14-7-5-8-15-27)28-16-9-6-10-17-28)22-25(2)32(24)36-23-31(35)37-33(3,4)20-19-26-13-11-12-18-30(26)34/h5-18,21-22H,23H2,1-4H3/q+1. The third kappa shape index (κ3) is 6.85. The van der Waals surface area contributed by atoms with Crippen molar-refractivity contribution < 1.29 is 18.7 Å². The number of benzene rings is 4. The van der Waals surface area contributed by atoms with Gasteiger partial charge in [0.25, 0.3) is 0 Å². The number of esters is 1.